The van der Waals surface area contributed by atoms with E-state index in [-0.39, 0.29) is 16.6 Å². The monoisotopic (exact) mass is 314 g/mol. The Labute approximate surface area is 126 Å². The predicted octanol–water partition coefficient (Wildman–Crippen LogP) is 3.21. The number of nitrogens with zero attached hydrogens (tertiary/aromatic N) is 2. The lowest BCUT2D eigenvalue weighted by molar-refractivity contribution is -0.385. The van der Waals surface area contributed by atoms with Crippen LogP contribution in [0.2, 0.25) is 0 Å². The van der Waals surface area contributed by atoms with E-state index in [1.54, 1.807) is 0 Å². The van der Waals surface area contributed by atoms with Crippen LogP contribution in [-0.2, 0) is 0 Å². The molecule has 21 heavy (non-hydrogen) atoms. The molecule has 7 heteroatoms. The van der Waals surface area contributed by atoms with Crippen molar-refractivity contribution >= 4 is 23.2 Å². The third kappa shape index (κ3) is 3.50. The van der Waals surface area contributed by atoms with Crippen LogP contribution in [0.25, 0.3) is 0 Å². The van der Waals surface area contributed by atoms with Gasteiger partial charge in [0.25, 0.3) is 11.6 Å². The number of likely N-dealkylation sites (tertiary alicyclic amines) is 1. The predicted molar refractivity (Wildman–Crippen MR) is 77.0 cm³/mol. The van der Waals surface area contributed by atoms with E-state index in [1.165, 1.54) is 4.90 Å². The molecule has 0 N–H and O–H groups in total. The number of nitro benzene ring substituents is 1. The lowest BCUT2D eigenvalue weighted by Crippen LogP contribution is -2.40. The van der Waals surface area contributed by atoms with Crippen LogP contribution in [0.15, 0.2) is 18.2 Å². The SMILES string of the molecule is CC(Cl)C1CCN(C(=O)c2cc(F)ccc2[N+](=O)[O-])CC1. The third-order valence-electron chi connectivity index (χ3n) is 3.86. The van der Waals surface area contributed by atoms with Crippen LogP contribution in [0.3, 0.4) is 0 Å². The molecule has 1 fully saturated rings. The lowest BCUT2D eigenvalue weighted by Gasteiger charge is -2.33. The zero-order valence-corrected chi connectivity index (χ0v) is 12.3. The van der Waals surface area contributed by atoms with E-state index >= 15 is 0 Å². The van der Waals surface area contributed by atoms with E-state index in [1.807, 2.05) is 6.92 Å². The van der Waals surface area contributed by atoms with E-state index in [0.29, 0.717) is 19.0 Å². The molecule has 1 aromatic carbocycles. The largest absolute Gasteiger partial charge is 0.338 e. The number of hydrogen-bond donors (Lipinski definition) is 0. The van der Waals surface area contributed by atoms with Gasteiger partial charge in [-0.25, -0.2) is 4.39 Å². The molecule has 0 bridgehead atoms. The Balaban J connectivity index is 2.18. The third-order valence-corrected chi connectivity index (χ3v) is 4.22. The summed E-state index contributed by atoms with van der Waals surface area (Å²) >= 11 is 6.05. The highest BCUT2D eigenvalue weighted by Crippen LogP contribution is 2.27. The molecule has 0 aliphatic carbocycles. The van der Waals surface area contributed by atoms with Crippen molar-refractivity contribution in [3.05, 3.63) is 39.7 Å². The Bertz CT molecular complexity index is 557. The van der Waals surface area contributed by atoms with Crippen molar-refractivity contribution < 1.29 is 14.1 Å². The number of rotatable bonds is 3. The number of amides is 1. The molecule has 0 saturated carbocycles. The molecule has 5 nitrogen and oxygen atoms in total. The summed E-state index contributed by atoms with van der Waals surface area (Å²) in [5, 5.41) is 11.0. The smallest absolute Gasteiger partial charge is 0.282 e. The van der Waals surface area contributed by atoms with E-state index in [2.05, 4.69) is 0 Å². The van der Waals surface area contributed by atoms with Gasteiger partial charge in [-0.2, -0.15) is 0 Å². The van der Waals surface area contributed by atoms with Crippen LogP contribution in [0.5, 0.6) is 0 Å². The van der Waals surface area contributed by atoms with E-state index in [9.17, 15) is 19.3 Å². The average molecular weight is 315 g/mol. The van der Waals surface area contributed by atoms with Crippen LogP contribution < -0.4 is 0 Å². The van der Waals surface area contributed by atoms with Gasteiger partial charge in [0, 0.05) is 24.5 Å². The molecular weight excluding hydrogens is 299 g/mol. The quantitative estimate of drug-likeness (QED) is 0.489. The van der Waals surface area contributed by atoms with Crippen molar-refractivity contribution in [2.45, 2.75) is 25.1 Å². The highest BCUT2D eigenvalue weighted by atomic mass is 35.5. The number of carbonyl (C=O) groups excluding carboxylic acids is 1. The molecule has 1 heterocycles. The fourth-order valence-corrected chi connectivity index (χ4v) is 2.82. The molecule has 0 aromatic heterocycles. The topological polar surface area (TPSA) is 63.5 Å². The molecule has 1 amide bonds. The van der Waals surface area contributed by atoms with Gasteiger partial charge in [-0.15, -0.1) is 11.6 Å². The minimum Gasteiger partial charge on any atom is -0.338 e. The van der Waals surface area contributed by atoms with Crippen molar-refractivity contribution in [3.63, 3.8) is 0 Å². The fourth-order valence-electron chi connectivity index (χ4n) is 2.57. The second-order valence-corrected chi connectivity index (χ2v) is 5.91. The Morgan fingerprint density at radius 3 is 2.62 bits per heavy atom. The average Bonchev–Trinajstić information content (AvgIpc) is 2.46. The summed E-state index contributed by atoms with van der Waals surface area (Å²) in [7, 11) is 0. The Hall–Kier alpha value is -1.69. The first-order valence-electron chi connectivity index (χ1n) is 6.77. The maximum absolute atomic E-state index is 13.3. The lowest BCUT2D eigenvalue weighted by atomic mass is 9.93. The number of carbonyl (C=O) groups is 1. The molecule has 1 aliphatic rings. The Morgan fingerprint density at radius 2 is 2.10 bits per heavy atom. The summed E-state index contributed by atoms with van der Waals surface area (Å²) < 4.78 is 13.3. The van der Waals surface area contributed by atoms with E-state index in [4.69, 9.17) is 11.6 Å². The van der Waals surface area contributed by atoms with Gasteiger partial charge in [-0.05, 0) is 37.8 Å². The van der Waals surface area contributed by atoms with Gasteiger partial charge in [0.1, 0.15) is 11.4 Å². The second kappa shape index (κ2) is 6.39. The highest BCUT2D eigenvalue weighted by Gasteiger charge is 2.29. The van der Waals surface area contributed by atoms with Gasteiger partial charge in [-0.1, -0.05) is 0 Å². The summed E-state index contributed by atoms with van der Waals surface area (Å²) in [5.74, 6) is -0.826. The molecule has 1 saturated heterocycles. The second-order valence-electron chi connectivity index (χ2n) is 5.23. The highest BCUT2D eigenvalue weighted by molar-refractivity contribution is 6.20. The maximum atomic E-state index is 13.3. The standard InChI is InChI=1S/C14H16ClFN2O3/c1-9(15)10-4-6-17(7-5-10)14(19)12-8-11(16)2-3-13(12)18(20)21/h2-3,8-10H,4-7H2,1H3. The van der Waals surface area contributed by atoms with Crippen molar-refractivity contribution in [2.75, 3.05) is 13.1 Å². The zero-order chi connectivity index (χ0) is 15.6. The number of benzene rings is 1. The van der Waals surface area contributed by atoms with Gasteiger partial charge < -0.3 is 4.90 Å². The van der Waals surface area contributed by atoms with Crippen molar-refractivity contribution in [3.8, 4) is 0 Å². The normalized spacial score (nSPS) is 17.6. The first-order valence-corrected chi connectivity index (χ1v) is 7.21. The molecule has 1 aliphatic heterocycles. The molecule has 114 valence electrons. The Kier molecular flexibility index (Phi) is 4.77. The first kappa shape index (κ1) is 15.7. The zero-order valence-electron chi connectivity index (χ0n) is 11.6. The number of alkyl halides is 1. The summed E-state index contributed by atoms with van der Waals surface area (Å²) in [6, 6.07) is 2.93. The Morgan fingerprint density at radius 1 is 1.48 bits per heavy atom. The van der Waals surface area contributed by atoms with Crippen LogP contribution in [0.4, 0.5) is 10.1 Å². The molecule has 1 aromatic rings. The van der Waals surface area contributed by atoms with Crippen LogP contribution in [0, 0.1) is 21.8 Å². The minimum absolute atomic E-state index is 0.0331. The summed E-state index contributed by atoms with van der Waals surface area (Å²) in [6.45, 7) is 2.88. The molecule has 0 radical (unpaired) electrons. The summed E-state index contributed by atoms with van der Waals surface area (Å²) in [4.78, 5) is 24.2. The number of halogens is 2. The summed E-state index contributed by atoms with van der Waals surface area (Å²) in [6.07, 6.45) is 1.50. The van der Waals surface area contributed by atoms with Crippen molar-refractivity contribution in [2.24, 2.45) is 5.92 Å². The van der Waals surface area contributed by atoms with E-state index < -0.39 is 16.6 Å². The van der Waals surface area contributed by atoms with Crippen molar-refractivity contribution in [1.29, 1.82) is 0 Å². The first-order chi connectivity index (χ1) is 9.90. The number of nitro groups is 1. The van der Waals surface area contributed by atoms with Crippen LogP contribution in [-0.4, -0.2) is 34.2 Å². The number of piperidine rings is 1. The minimum atomic E-state index is -0.666. The van der Waals surface area contributed by atoms with Gasteiger partial charge in [-0.3, -0.25) is 14.9 Å². The van der Waals surface area contributed by atoms with Gasteiger partial charge in [0.15, 0.2) is 0 Å². The molecule has 2 rings (SSSR count). The van der Waals surface area contributed by atoms with Gasteiger partial charge >= 0.3 is 0 Å². The summed E-state index contributed by atoms with van der Waals surface area (Å²) in [5.41, 5.74) is -0.563. The number of hydrogen-bond acceptors (Lipinski definition) is 3. The molecule has 1 unspecified atom stereocenters. The van der Waals surface area contributed by atoms with Gasteiger partial charge in [0.05, 0.1) is 4.92 Å². The molecular formula is C14H16ClFN2O3. The fraction of sp³-hybridized carbons (Fsp3) is 0.500. The van der Waals surface area contributed by atoms with Crippen LogP contribution in [0.1, 0.15) is 30.1 Å². The van der Waals surface area contributed by atoms with E-state index in [0.717, 1.165) is 31.0 Å². The maximum Gasteiger partial charge on any atom is 0.282 e. The van der Waals surface area contributed by atoms with Crippen molar-refractivity contribution in [1.82, 2.24) is 4.90 Å². The van der Waals surface area contributed by atoms with Gasteiger partial charge in [0.2, 0.25) is 0 Å². The molecule has 0 spiro atoms. The van der Waals surface area contributed by atoms with Crippen LogP contribution >= 0.6 is 11.6 Å². The molecule has 1 atom stereocenters.